The Bertz CT molecular complexity index is 476. The molecule has 2 unspecified atom stereocenters. The predicted octanol–water partition coefficient (Wildman–Crippen LogP) is -0.409. The minimum absolute atomic E-state index is 0.108. The van der Waals surface area contributed by atoms with Crippen molar-refractivity contribution in [2.75, 3.05) is 19.8 Å². The highest BCUT2D eigenvalue weighted by atomic mass is 16.5. The maximum Gasteiger partial charge on any atom is 0.311 e. The van der Waals surface area contributed by atoms with Crippen LogP contribution in [0, 0.1) is 5.92 Å². The Kier molecular flexibility index (Phi) is 4.89. The van der Waals surface area contributed by atoms with E-state index in [1.165, 1.54) is 4.90 Å². The number of hydrogen-bond donors (Lipinski definition) is 2. The number of rotatable bonds is 5. The first-order chi connectivity index (χ1) is 10.0. The normalized spacial score (nSPS) is 25.2. The molecule has 0 aromatic carbocycles. The molecule has 21 heavy (non-hydrogen) atoms. The van der Waals surface area contributed by atoms with Gasteiger partial charge < -0.3 is 14.7 Å². The lowest BCUT2D eigenvalue weighted by Crippen LogP contribution is -2.50. The second-order valence-electron chi connectivity index (χ2n) is 5.14. The van der Waals surface area contributed by atoms with Gasteiger partial charge in [-0.05, 0) is 6.42 Å². The molecule has 0 radical (unpaired) electrons. The number of hydrogen-bond acceptors (Lipinski definition) is 5. The van der Waals surface area contributed by atoms with Crippen molar-refractivity contribution in [3.8, 4) is 0 Å². The number of nitrogens with zero attached hydrogens (tertiary/aromatic N) is 2. The Morgan fingerprint density at radius 3 is 2.76 bits per heavy atom. The van der Waals surface area contributed by atoms with E-state index in [0.717, 1.165) is 0 Å². The number of nitrogens with one attached hydrogen (secondary N) is 1. The molecular formula is C13H19N3O5. The minimum atomic E-state index is -0.967. The topological polar surface area (TPSA) is 108 Å². The number of carbonyl (C=O) groups excluding carboxylic acids is 2. The highest BCUT2D eigenvalue weighted by Crippen LogP contribution is 2.21. The molecule has 116 valence electrons. The summed E-state index contributed by atoms with van der Waals surface area (Å²) in [5.41, 5.74) is 2.55. The molecule has 0 saturated carbocycles. The van der Waals surface area contributed by atoms with Crippen molar-refractivity contribution in [2.45, 2.75) is 32.2 Å². The van der Waals surface area contributed by atoms with Gasteiger partial charge in [0.15, 0.2) is 0 Å². The maximum absolute atomic E-state index is 12.5. The Balaban J connectivity index is 2.16. The number of carboxylic acid groups (broad SMARTS) is 1. The predicted molar refractivity (Wildman–Crippen MR) is 72.5 cm³/mol. The van der Waals surface area contributed by atoms with Crippen LogP contribution >= 0.6 is 0 Å². The van der Waals surface area contributed by atoms with Crippen LogP contribution in [0.5, 0.6) is 0 Å². The van der Waals surface area contributed by atoms with Crippen molar-refractivity contribution in [3.05, 3.63) is 0 Å². The van der Waals surface area contributed by atoms with Crippen LogP contribution in [-0.4, -0.2) is 59.3 Å². The SMILES string of the molecule is CCCN(C(=O)C1=NNC(=O)CC1)C1COCC1C(=O)O. The Morgan fingerprint density at radius 2 is 2.19 bits per heavy atom. The zero-order valence-electron chi connectivity index (χ0n) is 11.9. The van der Waals surface area contributed by atoms with E-state index in [1.54, 1.807) is 0 Å². The van der Waals surface area contributed by atoms with Crippen molar-refractivity contribution >= 4 is 23.5 Å². The molecule has 2 aliphatic heterocycles. The van der Waals surface area contributed by atoms with Crippen LogP contribution < -0.4 is 5.43 Å². The summed E-state index contributed by atoms with van der Waals surface area (Å²) in [7, 11) is 0. The average molecular weight is 297 g/mol. The van der Waals surface area contributed by atoms with Crippen molar-refractivity contribution in [3.63, 3.8) is 0 Å². The molecule has 0 bridgehead atoms. The molecule has 8 heteroatoms. The van der Waals surface area contributed by atoms with Crippen LogP contribution in [-0.2, 0) is 19.1 Å². The third-order valence-corrected chi connectivity index (χ3v) is 3.64. The largest absolute Gasteiger partial charge is 0.481 e. The number of ether oxygens (including phenoxy) is 1. The molecule has 2 amide bonds. The van der Waals surface area contributed by atoms with E-state index in [0.29, 0.717) is 13.0 Å². The number of aliphatic carboxylic acids is 1. The van der Waals surface area contributed by atoms with Crippen molar-refractivity contribution < 1.29 is 24.2 Å². The van der Waals surface area contributed by atoms with E-state index in [4.69, 9.17) is 4.74 Å². The lowest BCUT2D eigenvalue weighted by Gasteiger charge is -2.31. The maximum atomic E-state index is 12.5. The third kappa shape index (κ3) is 3.38. The van der Waals surface area contributed by atoms with E-state index in [-0.39, 0.29) is 43.6 Å². The standard InChI is InChI=1S/C13H19N3O5/c1-2-5-16(10-7-21-6-8(10)13(19)20)12(18)9-3-4-11(17)15-14-9/h8,10H,2-7H2,1H3,(H,15,17)(H,19,20). The number of amides is 2. The van der Waals surface area contributed by atoms with Gasteiger partial charge in [0, 0.05) is 19.4 Å². The van der Waals surface area contributed by atoms with Gasteiger partial charge in [-0.3, -0.25) is 14.4 Å². The smallest absolute Gasteiger partial charge is 0.311 e. The molecule has 2 heterocycles. The summed E-state index contributed by atoms with van der Waals surface area (Å²) in [6.45, 7) is 2.67. The lowest BCUT2D eigenvalue weighted by molar-refractivity contribution is -0.144. The molecule has 2 aliphatic rings. The Morgan fingerprint density at radius 1 is 1.43 bits per heavy atom. The van der Waals surface area contributed by atoms with Gasteiger partial charge >= 0.3 is 5.97 Å². The second kappa shape index (κ2) is 6.66. The zero-order chi connectivity index (χ0) is 15.4. The van der Waals surface area contributed by atoms with Gasteiger partial charge in [0.05, 0.1) is 19.3 Å². The summed E-state index contributed by atoms with van der Waals surface area (Å²) < 4.78 is 5.23. The minimum Gasteiger partial charge on any atom is -0.481 e. The van der Waals surface area contributed by atoms with Gasteiger partial charge in [-0.1, -0.05) is 6.92 Å². The zero-order valence-corrected chi connectivity index (χ0v) is 11.9. The fraction of sp³-hybridized carbons (Fsp3) is 0.692. The number of carboxylic acids is 1. The number of hydrazone groups is 1. The summed E-state index contributed by atoms with van der Waals surface area (Å²) in [5.74, 6) is -2.23. The molecule has 0 aromatic rings. The first-order valence-corrected chi connectivity index (χ1v) is 7.01. The van der Waals surface area contributed by atoms with Crippen LogP contribution in [0.15, 0.2) is 5.10 Å². The third-order valence-electron chi connectivity index (χ3n) is 3.64. The molecule has 1 saturated heterocycles. The van der Waals surface area contributed by atoms with Gasteiger partial charge in [-0.2, -0.15) is 5.10 Å². The molecule has 8 nitrogen and oxygen atoms in total. The highest BCUT2D eigenvalue weighted by Gasteiger charge is 2.40. The fourth-order valence-electron chi connectivity index (χ4n) is 2.54. The van der Waals surface area contributed by atoms with Crippen molar-refractivity contribution in [1.29, 1.82) is 0 Å². The molecule has 2 atom stereocenters. The quantitative estimate of drug-likeness (QED) is 0.717. The summed E-state index contributed by atoms with van der Waals surface area (Å²) in [5, 5.41) is 13.0. The van der Waals surface area contributed by atoms with Gasteiger partial charge in [0.1, 0.15) is 11.6 Å². The van der Waals surface area contributed by atoms with Gasteiger partial charge in [-0.15, -0.1) is 0 Å². The summed E-state index contributed by atoms with van der Waals surface area (Å²) in [6, 6.07) is -0.490. The van der Waals surface area contributed by atoms with Gasteiger partial charge in [-0.25, -0.2) is 5.43 Å². The molecule has 0 aliphatic carbocycles. The van der Waals surface area contributed by atoms with Crippen LogP contribution in [0.1, 0.15) is 26.2 Å². The molecular weight excluding hydrogens is 278 g/mol. The second-order valence-corrected chi connectivity index (χ2v) is 5.14. The first kappa shape index (κ1) is 15.4. The summed E-state index contributed by atoms with van der Waals surface area (Å²) >= 11 is 0. The van der Waals surface area contributed by atoms with Crippen LogP contribution in [0.25, 0.3) is 0 Å². The van der Waals surface area contributed by atoms with E-state index in [2.05, 4.69) is 10.5 Å². The fourth-order valence-corrected chi connectivity index (χ4v) is 2.54. The van der Waals surface area contributed by atoms with Crippen LogP contribution in [0.2, 0.25) is 0 Å². The lowest BCUT2D eigenvalue weighted by atomic mass is 10.0. The monoisotopic (exact) mass is 297 g/mol. The molecule has 0 spiro atoms. The van der Waals surface area contributed by atoms with Crippen LogP contribution in [0.3, 0.4) is 0 Å². The number of carbonyl (C=O) groups is 3. The Labute approximate surface area is 122 Å². The van der Waals surface area contributed by atoms with Gasteiger partial charge in [0.25, 0.3) is 5.91 Å². The first-order valence-electron chi connectivity index (χ1n) is 7.01. The summed E-state index contributed by atoms with van der Waals surface area (Å²) in [6.07, 6.45) is 1.19. The van der Waals surface area contributed by atoms with Crippen LogP contribution in [0.4, 0.5) is 0 Å². The molecule has 2 rings (SSSR count). The average Bonchev–Trinajstić information content (AvgIpc) is 2.94. The molecule has 0 aromatic heterocycles. The van der Waals surface area contributed by atoms with E-state index < -0.39 is 17.9 Å². The van der Waals surface area contributed by atoms with E-state index >= 15 is 0 Å². The van der Waals surface area contributed by atoms with E-state index in [9.17, 15) is 19.5 Å². The van der Waals surface area contributed by atoms with E-state index in [1.807, 2.05) is 6.92 Å². The van der Waals surface area contributed by atoms with Crippen molar-refractivity contribution in [1.82, 2.24) is 10.3 Å². The summed E-state index contributed by atoms with van der Waals surface area (Å²) in [4.78, 5) is 36.4. The Hall–Kier alpha value is -1.96. The van der Waals surface area contributed by atoms with Crippen molar-refractivity contribution in [2.24, 2.45) is 11.0 Å². The van der Waals surface area contributed by atoms with Gasteiger partial charge in [0.2, 0.25) is 5.91 Å². The molecule has 2 N–H and O–H groups in total. The highest BCUT2D eigenvalue weighted by molar-refractivity contribution is 6.39. The molecule has 1 fully saturated rings.